The molecule has 0 radical (unpaired) electrons. The van der Waals surface area contributed by atoms with Crippen molar-refractivity contribution in [2.45, 2.75) is 0 Å². The number of nitriles is 1. The van der Waals surface area contributed by atoms with Gasteiger partial charge in [0.15, 0.2) is 5.69 Å². The van der Waals surface area contributed by atoms with Crippen molar-refractivity contribution in [2.75, 3.05) is 5.32 Å². The van der Waals surface area contributed by atoms with Crippen molar-refractivity contribution in [3.05, 3.63) is 78.4 Å². The van der Waals surface area contributed by atoms with E-state index < -0.39 is 5.97 Å². The first kappa shape index (κ1) is 18.6. The molecule has 0 saturated carbocycles. The summed E-state index contributed by atoms with van der Waals surface area (Å²) < 4.78 is 1.58. The number of carboxylic acids is 1. The van der Waals surface area contributed by atoms with Crippen molar-refractivity contribution < 1.29 is 9.90 Å². The molecule has 0 fully saturated rings. The average Bonchev–Trinajstić information content (AvgIpc) is 3.46. The Morgan fingerprint density at radius 1 is 1.17 bits per heavy atom. The van der Waals surface area contributed by atoms with Gasteiger partial charge in [0.2, 0.25) is 5.82 Å². The third-order valence-corrected chi connectivity index (χ3v) is 4.20. The minimum atomic E-state index is -1.10. The third kappa shape index (κ3) is 3.76. The van der Waals surface area contributed by atoms with Gasteiger partial charge in [-0.05, 0) is 35.5 Å². The number of H-pyrrole nitrogens is 1. The highest BCUT2D eigenvalue weighted by molar-refractivity contribution is 5.87. The van der Waals surface area contributed by atoms with Crippen LogP contribution < -0.4 is 5.32 Å². The zero-order valence-electron chi connectivity index (χ0n) is 15.4. The molecule has 2 aromatic heterocycles. The van der Waals surface area contributed by atoms with Gasteiger partial charge in [0, 0.05) is 17.5 Å². The third-order valence-electron chi connectivity index (χ3n) is 4.20. The predicted molar refractivity (Wildman–Crippen MR) is 107 cm³/mol. The van der Waals surface area contributed by atoms with Gasteiger partial charge in [0.05, 0.1) is 11.4 Å². The van der Waals surface area contributed by atoms with Crippen LogP contribution in [0.2, 0.25) is 0 Å². The summed E-state index contributed by atoms with van der Waals surface area (Å²) in [6.07, 6.45) is 1.48. The summed E-state index contributed by atoms with van der Waals surface area (Å²) in [6, 6.07) is 20.1. The second kappa shape index (κ2) is 8.07. The molecule has 0 aliphatic rings. The molecule has 0 unspecified atom stereocenters. The first-order valence-electron chi connectivity index (χ1n) is 8.75. The molecule has 2 heterocycles. The highest BCUT2D eigenvalue weighted by atomic mass is 16.4. The molecule has 30 heavy (non-hydrogen) atoms. The van der Waals surface area contributed by atoms with Gasteiger partial charge in [-0.3, -0.25) is 0 Å². The number of aromatic amines is 1. The summed E-state index contributed by atoms with van der Waals surface area (Å²) >= 11 is 0. The van der Waals surface area contributed by atoms with Crippen LogP contribution in [0.5, 0.6) is 0 Å². The molecule has 0 spiro atoms. The molecule has 10 heteroatoms. The Kier molecular flexibility index (Phi) is 5.00. The van der Waals surface area contributed by atoms with E-state index in [0.29, 0.717) is 17.1 Å². The predicted octanol–water partition coefficient (Wildman–Crippen LogP) is 2.73. The van der Waals surface area contributed by atoms with Gasteiger partial charge in [-0.2, -0.15) is 15.6 Å². The Morgan fingerprint density at radius 2 is 1.93 bits per heavy atom. The zero-order chi connectivity index (χ0) is 20.9. The zero-order valence-corrected chi connectivity index (χ0v) is 15.4. The number of allylic oxidation sites excluding steroid dienone is 1. The van der Waals surface area contributed by atoms with E-state index in [1.165, 1.54) is 12.3 Å². The summed E-state index contributed by atoms with van der Waals surface area (Å²) in [4.78, 5) is 11.4. The lowest BCUT2D eigenvalue weighted by Gasteiger charge is -2.09. The van der Waals surface area contributed by atoms with Gasteiger partial charge in [0.25, 0.3) is 0 Å². The number of benzene rings is 2. The van der Waals surface area contributed by atoms with E-state index in [4.69, 9.17) is 0 Å². The van der Waals surface area contributed by atoms with Gasteiger partial charge in [-0.1, -0.05) is 30.3 Å². The average molecular weight is 398 g/mol. The molecule has 0 bridgehead atoms. The number of tetrazole rings is 1. The molecule has 146 valence electrons. The first-order valence-corrected chi connectivity index (χ1v) is 8.75. The maximum absolute atomic E-state index is 11.4. The maximum Gasteiger partial charge on any atom is 0.356 e. The molecule has 0 amide bonds. The number of nitrogens with zero attached hydrogens (tertiary/aromatic N) is 6. The summed E-state index contributed by atoms with van der Waals surface area (Å²) in [5.74, 6) is -0.910. The Morgan fingerprint density at radius 3 is 2.57 bits per heavy atom. The second-order valence-electron chi connectivity index (χ2n) is 6.09. The monoisotopic (exact) mass is 398 g/mol. The van der Waals surface area contributed by atoms with Crippen LogP contribution in [0.4, 0.5) is 5.69 Å². The summed E-state index contributed by atoms with van der Waals surface area (Å²) in [6.45, 7) is 0. The number of anilines is 1. The van der Waals surface area contributed by atoms with Gasteiger partial charge < -0.3 is 10.4 Å². The van der Waals surface area contributed by atoms with E-state index in [-0.39, 0.29) is 17.1 Å². The number of aromatic carboxylic acids is 1. The summed E-state index contributed by atoms with van der Waals surface area (Å²) in [7, 11) is 0. The van der Waals surface area contributed by atoms with Crippen LogP contribution in [0.15, 0.2) is 66.9 Å². The number of rotatable bonds is 6. The van der Waals surface area contributed by atoms with E-state index in [0.717, 1.165) is 5.56 Å². The topological polar surface area (TPSA) is 145 Å². The van der Waals surface area contributed by atoms with Crippen LogP contribution in [0.25, 0.3) is 22.5 Å². The van der Waals surface area contributed by atoms with Crippen LogP contribution >= 0.6 is 0 Å². The van der Waals surface area contributed by atoms with Crippen molar-refractivity contribution >= 4 is 17.2 Å². The molecule has 0 aliphatic heterocycles. The number of hydrogen-bond acceptors (Lipinski definition) is 7. The number of carboxylic acid groups (broad SMARTS) is 1. The fraction of sp³-hybridized carbons (Fsp3) is 0. The number of aromatic nitrogens is 6. The second-order valence-corrected chi connectivity index (χ2v) is 6.09. The molecule has 0 aliphatic carbocycles. The molecule has 2 aromatic carbocycles. The van der Waals surface area contributed by atoms with Crippen LogP contribution in [0.1, 0.15) is 16.3 Å². The van der Waals surface area contributed by atoms with Crippen molar-refractivity contribution in [2.24, 2.45) is 0 Å². The lowest BCUT2D eigenvalue weighted by atomic mass is 10.1. The van der Waals surface area contributed by atoms with Gasteiger partial charge in [0.1, 0.15) is 11.6 Å². The molecule has 4 aromatic rings. The van der Waals surface area contributed by atoms with Gasteiger partial charge in [-0.15, -0.1) is 10.2 Å². The minimum absolute atomic E-state index is 0.0437. The highest BCUT2D eigenvalue weighted by Crippen LogP contribution is 2.25. The van der Waals surface area contributed by atoms with E-state index >= 15 is 0 Å². The van der Waals surface area contributed by atoms with Gasteiger partial charge >= 0.3 is 5.97 Å². The van der Waals surface area contributed by atoms with E-state index in [1.807, 2.05) is 36.4 Å². The largest absolute Gasteiger partial charge is 0.476 e. The van der Waals surface area contributed by atoms with Crippen LogP contribution in [-0.4, -0.2) is 41.5 Å². The van der Waals surface area contributed by atoms with Gasteiger partial charge in [-0.25, -0.2) is 9.48 Å². The Hall–Kier alpha value is -4.78. The van der Waals surface area contributed by atoms with Crippen molar-refractivity contribution in [3.63, 3.8) is 0 Å². The SMILES string of the molecule is N#CC(=CNc1ccc(-n2nc(C(=O)O)cc2-c2ccccc2)cc1)c1nn[nH]n1. The molecular weight excluding hydrogens is 384 g/mol. The Bertz CT molecular complexity index is 1240. The quantitative estimate of drug-likeness (QED) is 0.420. The molecule has 4 rings (SSSR count). The normalized spacial score (nSPS) is 11.1. The van der Waals surface area contributed by atoms with E-state index in [9.17, 15) is 15.2 Å². The molecular formula is C20H14N8O2. The number of carbonyl (C=O) groups is 1. The van der Waals surface area contributed by atoms with Crippen molar-refractivity contribution in [1.82, 2.24) is 30.4 Å². The Balaban J connectivity index is 1.63. The van der Waals surface area contributed by atoms with E-state index in [2.05, 4.69) is 31.0 Å². The molecule has 3 N–H and O–H groups in total. The molecule has 0 atom stereocenters. The van der Waals surface area contributed by atoms with E-state index in [1.54, 1.807) is 28.9 Å². The van der Waals surface area contributed by atoms with Crippen LogP contribution in [0, 0.1) is 11.3 Å². The maximum atomic E-state index is 11.4. The van der Waals surface area contributed by atoms with Crippen LogP contribution in [-0.2, 0) is 0 Å². The fourth-order valence-electron chi connectivity index (χ4n) is 2.77. The standard InChI is InChI=1S/C20H14N8O2/c21-11-14(19-23-26-27-24-19)12-22-15-6-8-16(9-7-15)28-18(10-17(25-28)20(29)30)13-4-2-1-3-5-13/h1-10,12,22H,(H,29,30)(H,23,24,26,27). The summed E-state index contributed by atoms with van der Waals surface area (Å²) in [5.41, 5.74) is 3.09. The number of hydrogen-bond donors (Lipinski definition) is 3. The number of nitrogens with one attached hydrogen (secondary N) is 2. The summed E-state index contributed by atoms with van der Waals surface area (Å²) in [5, 5.41) is 39.1. The Labute approximate surface area is 170 Å². The lowest BCUT2D eigenvalue weighted by Crippen LogP contribution is -2.02. The molecule has 0 saturated heterocycles. The minimum Gasteiger partial charge on any atom is -0.476 e. The van der Waals surface area contributed by atoms with Crippen LogP contribution in [0.3, 0.4) is 0 Å². The highest BCUT2D eigenvalue weighted by Gasteiger charge is 2.15. The smallest absolute Gasteiger partial charge is 0.356 e. The molecule has 10 nitrogen and oxygen atoms in total. The van der Waals surface area contributed by atoms with Crippen molar-refractivity contribution in [1.29, 1.82) is 5.26 Å². The first-order chi connectivity index (χ1) is 14.7. The lowest BCUT2D eigenvalue weighted by molar-refractivity contribution is 0.0690. The van der Waals surface area contributed by atoms with Crippen molar-refractivity contribution in [3.8, 4) is 23.0 Å². The fourth-order valence-corrected chi connectivity index (χ4v) is 2.77.